The molecule has 74 valence electrons. The molecule has 0 bridgehead atoms. The number of rotatable bonds is 1. The fraction of sp³-hybridized carbons (Fsp3) is 0. The van der Waals surface area contributed by atoms with Crippen LogP contribution in [0, 0.1) is 5.82 Å². The van der Waals surface area contributed by atoms with E-state index in [2.05, 4.69) is 15.9 Å². The van der Waals surface area contributed by atoms with Gasteiger partial charge >= 0.3 is 23.1 Å². The maximum atomic E-state index is 12.7. The van der Waals surface area contributed by atoms with Crippen molar-refractivity contribution in [1.29, 1.82) is 0 Å². The van der Waals surface area contributed by atoms with Gasteiger partial charge < -0.3 is 2.85 Å². The van der Waals surface area contributed by atoms with Gasteiger partial charge in [0.05, 0.1) is 0 Å². The van der Waals surface area contributed by atoms with Crippen LogP contribution >= 0.6 is 15.9 Å². The molecule has 0 N–H and O–H groups in total. The van der Waals surface area contributed by atoms with Crippen LogP contribution in [-0.4, -0.2) is 23.1 Å². The van der Waals surface area contributed by atoms with Gasteiger partial charge in [-0.3, -0.25) is 0 Å². The molecular formula is C12H10BrFMg. The van der Waals surface area contributed by atoms with E-state index in [4.69, 9.17) is 0 Å². The van der Waals surface area contributed by atoms with Crippen molar-refractivity contribution in [2.45, 2.75) is 0 Å². The molecule has 0 amide bonds. The molecule has 0 spiro atoms. The Morgan fingerprint density at radius 2 is 1.20 bits per heavy atom. The molecule has 2 aromatic rings. The molecule has 0 aromatic heterocycles. The summed E-state index contributed by atoms with van der Waals surface area (Å²) in [5.41, 5.74) is 2.12. The van der Waals surface area contributed by atoms with Crippen LogP contribution in [0.4, 0.5) is 4.39 Å². The van der Waals surface area contributed by atoms with Crippen molar-refractivity contribution in [2.24, 2.45) is 0 Å². The number of hydrogen-bond acceptors (Lipinski definition) is 0. The summed E-state index contributed by atoms with van der Waals surface area (Å²) < 4.78 is 13.7. The summed E-state index contributed by atoms with van der Waals surface area (Å²) in [5.74, 6) is -0.203. The molecule has 0 saturated carbocycles. The van der Waals surface area contributed by atoms with Crippen LogP contribution in [0.1, 0.15) is 2.85 Å². The Morgan fingerprint density at radius 3 is 1.67 bits per heavy atom. The van der Waals surface area contributed by atoms with Crippen LogP contribution in [0.2, 0.25) is 0 Å². The molecule has 2 aromatic carbocycles. The Hall–Kier alpha value is -0.384. The molecular weight excluding hydrogens is 267 g/mol. The average molecular weight is 277 g/mol. The number of hydrogen-bond donors (Lipinski definition) is 0. The molecule has 0 aliphatic heterocycles. The maximum absolute atomic E-state index is 12.7. The molecule has 0 fully saturated rings. The van der Waals surface area contributed by atoms with E-state index in [0.29, 0.717) is 0 Å². The first-order valence-corrected chi connectivity index (χ1v) is 5.06. The predicted octanol–water partition coefficient (Wildman–Crippen LogP) is 4.10. The van der Waals surface area contributed by atoms with Crippen LogP contribution in [0.3, 0.4) is 0 Å². The topological polar surface area (TPSA) is 0 Å². The molecule has 0 radical (unpaired) electrons. The normalized spacial score (nSPS) is 9.47. The first kappa shape index (κ1) is 12.7. The largest absolute Gasteiger partial charge is 2.00 e. The zero-order chi connectivity index (χ0) is 9.97. The monoisotopic (exact) mass is 276 g/mol. The minimum atomic E-state index is -0.203. The van der Waals surface area contributed by atoms with Gasteiger partial charge in [0, 0.05) is 4.47 Å². The molecule has 0 atom stereocenters. The molecule has 3 heteroatoms. The van der Waals surface area contributed by atoms with Gasteiger partial charge in [0.2, 0.25) is 0 Å². The first-order valence-electron chi connectivity index (χ1n) is 4.27. The standard InChI is InChI=1S/C12H8BrF.Mg.2H/c13-11-5-1-9(2-6-11)10-3-7-12(14)8-4-10;;;/h1-8H;;;/q;+2;2*-1. The summed E-state index contributed by atoms with van der Waals surface area (Å²) in [5, 5.41) is 0. The van der Waals surface area contributed by atoms with E-state index in [1.807, 2.05) is 24.3 Å². The van der Waals surface area contributed by atoms with Gasteiger partial charge in [-0.05, 0) is 35.4 Å². The Bertz CT molecular complexity index is 388. The minimum Gasteiger partial charge on any atom is -1.00 e. The zero-order valence-electron chi connectivity index (χ0n) is 10.1. The second-order valence-corrected chi connectivity index (χ2v) is 3.93. The predicted molar refractivity (Wildman–Crippen MR) is 67.5 cm³/mol. The number of benzene rings is 2. The Labute approximate surface area is 116 Å². The van der Waals surface area contributed by atoms with E-state index in [1.54, 1.807) is 12.1 Å². The quantitative estimate of drug-likeness (QED) is 0.688. The van der Waals surface area contributed by atoms with Gasteiger partial charge in [-0.2, -0.15) is 0 Å². The van der Waals surface area contributed by atoms with Crippen molar-refractivity contribution in [3.63, 3.8) is 0 Å². The maximum Gasteiger partial charge on any atom is 2.00 e. The third-order valence-corrected chi connectivity index (χ3v) is 2.55. The summed E-state index contributed by atoms with van der Waals surface area (Å²) in [6.07, 6.45) is 0. The Balaban J connectivity index is 0. The second kappa shape index (κ2) is 5.63. The van der Waals surface area contributed by atoms with Crippen molar-refractivity contribution < 1.29 is 7.24 Å². The van der Waals surface area contributed by atoms with Crippen molar-refractivity contribution in [3.05, 3.63) is 58.8 Å². The van der Waals surface area contributed by atoms with Gasteiger partial charge in [0.25, 0.3) is 0 Å². The molecule has 0 aliphatic carbocycles. The van der Waals surface area contributed by atoms with Crippen LogP contribution in [-0.2, 0) is 0 Å². The van der Waals surface area contributed by atoms with Crippen molar-refractivity contribution in [3.8, 4) is 11.1 Å². The first-order chi connectivity index (χ1) is 6.75. The molecule has 2 rings (SSSR count). The summed E-state index contributed by atoms with van der Waals surface area (Å²) in [6.45, 7) is 0. The zero-order valence-corrected chi connectivity index (χ0v) is 11.1. The third-order valence-electron chi connectivity index (χ3n) is 2.02. The van der Waals surface area contributed by atoms with Gasteiger partial charge in [0.1, 0.15) is 5.82 Å². The average Bonchev–Trinajstić information content (AvgIpc) is 2.21. The molecule has 0 saturated heterocycles. The van der Waals surface area contributed by atoms with Crippen LogP contribution < -0.4 is 0 Å². The molecule has 0 aliphatic rings. The molecule has 0 nitrogen and oxygen atoms in total. The molecule has 0 unspecified atom stereocenters. The van der Waals surface area contributed by atoms with E-state index < -0.39 is 0 Å². The Morgan fingerprint density at radius 1 is 0.800 bits per heavy atom. The van der Waals surface area contributed by atoms with Crippen molar-refractivity contribution >= 4 is 39.0 Å². The van der Waals surface area contributed by atoms with Crippen LogP contribution in [0.25, 0.3) is 11.1 Å². The third kappa shape index (κ3) is 3.29. The second-order valence-electron chi connectivity index (χ2n) is 3.01. The molecule has 0 heterocycles. The summed E-state index contributed by atoms with van der Waals surface area (Å²) >= 11 is 3.37. The van der Waals surface area contributed by atoms with Gasteiger partial charge in [-0.25, -0.2) is 4.39 Å². The fourth-order valence-electron chi connectivity index (χ4n) is 1.28. The van der Waals surface area contributed by atoms with Gasteiger partial charge in [-0.1, -0.05) is 40.2 Å². The fourth-order valence-corrected chi connectivity index (χ4v) is 1.55. The smallest absolute Gasteiger partial charge is 1.00 e. The summed E-state index contributed by atoms with van der Waals surface area (Å²) in [6, 6.07) is 14.4. The number of halogens is 2. The minimum absolute atomic E-state index is 0. The summed E-state index contributed by atoms with van der Waals surface area (Å²) in [7, 11) is 0. The van der Waals surface area contributed by atoms with E-state index in [1.165, 1.54) is 12.1 Å². The van der Waals surface area contributed by atoms with Gasteiger partial charge in [-0.15, -0.1) is 0 Å². The Kier molecular flexibility index (Phi) is 4.76. The SMILES string of the molecule is Fc1ccc(-c2ccc(Br)cc2)cc1.[H-].[H-].[Mg+2]. The van der Waals surface area contributed by atoms with E-state index in [-0.39, 0.29) is 31.7 Å². The van der Waals surface area contributed by atoms with E-state index in [0.717, 1.165) is 15.6 Å². The van der Waals surface area contributed by atoms with Crippen LogP contribution in [0.5, 0.6) is 0 Å². The van der Waals surface area contributed by atoms with E-state index >= 15 is 0 Å². The van der Waals surface area contributed by atoms with Crippen LogP contribution in [0.15, 0.2) is 53.0 Å². The van der Waals surface area contributed by atoms with Gasteiger partial charge in [0.15, 0.2) is 0 Å². The molecule has 15 heavy (non-hydrogen) atoms. The summed E-state index contributed by atoms with van der Waals surface area (Å²) in [4.78, 5) is 0. The van der Waals surface area contributed by atoms with Crippen molar-refractivity contribution in [2.75, 3.05) is 0 Å². The van der Waals surface area contributed by atoms with E-state index in [9.17, 15) is 4.39 Å². The van der Waals surface area contributed by atoms with Crippen molar-refractivity contribution in [1.82, 2.24) is 0 Å².